The van der Waals surface area contributed by atoms with E-state index in [-0.39, 0.29) is 53.7 Å². The van der Waals surface area contributed by atoms with Crippen LogP contribution in [0.2, 0.25) is 0 Å². The van der Waals surface area contributed by atoms with Crippen LogP contribution in [-0.4, -0.2) is 73.0 Å². The van der Waals surface area contributed by atoms with Crippen LogP contribution in [0.4, 0.5) is 0 Å². The zero-order valence-electron chi connectivity index (χ0n) is 30.4. The molecular formula is C39H60O9. The average molecular weight is 673 g/mol. The summed E-state index contributed by atoms with van der Waals surface area (Å²) in [5, 5.41) is 17.4. The first-order valence-corrected chi connectivity index (χ1v) is 17.5. The number of ether oxygens (including phenoxy) is 4. The molecule has 2 heterocycles. The fraction of sp³-hybridized carbons (Fsp3) is 0.615. The molecule has 270 valence electrons. The highest BCUT2D eigenvalue weighted by Crippen LogP contribution is 2.22. The first-order chi connectivity index (χ1) is 22.9. The minimum absolute atomic E-state index is 0.0107. The molecule has 0 bridgehead atoms. The molecule has 6 atom stereocenters. The number of esters is 1. The zero-order valence-corrected chi connectivity index (χ0v) is 30.4. The van der Waals surface area contributed by atoms with Gasteiger partial charge in [-0.1, -0.05) is 67.5 Å². The van der Waals surface area contributed by atoms with Crippen molar-refractivity contribution in [2.45, 2.75) is 106 Å². The maximum Gasteiger partial charge on any atom is 0.308 e. The average Bonchev–Trinajstić information content (AvgIpc) is 4.05. The molecular weight excluding hydrogens is 612 g/mol. The number of epoxide rings is 2. The van der Waals surface area contributed by atoms with E-state index in [0.717, 1.165) is 38.2 Å². The molecule has 2 aliphatic heterocycles. The van der Waals surface area contributed by atoms with Crippen LogP contribution in [0.5, 0.6) is 11.5 Å². The van der Waals surface area contributed by atoms with Gasteiger partial charge in [0.25, 0.3) is 0 Å². The molecule has 6 unspecified atom stereocenters. The molecule has 48 heavy (non-hydrogen) atoms. The van der Waals surface area contributed by atoms with E-state index in [0.29, 0.717) is 37.2 Å². The van der Waals surface area contributed by atoms with Gasteiger partial charge in [-0.15, -0.1) is 0 Å². The topological polar surface area (TPSA) is 135 Å². The van der Waals surface area contributed by atoms with E-state index >= 15 is 0 Å². The Bertz CT molecular complexity index is 1170. The number of phenolic OH excluding ortho intramolecular Hbond substituents is 1. The van der Waals surface area contributed by atoms with Gasteiger partial charge in [-0.2, -0.15) is 0 Å². The third-order valence-electron chi connectivity index (χ3n) is 8.46. The second-order valence-electron chi connectivity index (χ2n) is 12.5. The molecule has 0 amide bonds. The lowest BCUT2D eigenvalue weighted by Crippen LogP contribution is -2.16. The Kier molecular flexibility index (Phi) is 21.3. The SMILES string of the molecule is CCC(C)C(=O)CCO.CCC(C)C(=O)OCC1CO1.CCC(C)C(=O)c1ccc(O)cc1.CCC(C)c1ccc(OCC2CO2)cc1. The smallest absolute Gasteiger partial charge is 0.308 e. The highest BCUT2D eigenvalue weighted by molar-refractivity contribution is 5.97. The second-order valence-corrected chi connectivity index (χ2v) is 12.5. The maximum absolute atomic E-state index is 11.6. The van der Waals surface area contributed by atoms with Crippen molar-refractivity contribution in [2.24, 2.45) is 17.8 Å². The van der Waals surface area contributed by atoms with Gasteiger partial charge in [0.15, 0.2) is 5.78 Å². The number of aliphatic hydroxyl groups is 1. The molecule has 0 aliphatic carbocycles. The summed E-state index contributed by atoms with van der Waals surface area (Å²) >= 11 is 0. The van der Waals surface area contributed by atoms with Crippen LogP contribution < -0.4 is 4.74 Å². The summed E-state index contributed by atoms with van der Waals surface area (Å²) < 4.78 is 20.5. The number of carbonyl (C=O) groups excluding carboxylic acids is 3. The van der Waals surface area contributed by atoms with Crippen LogP contribution in [0.25, 0.3) is 0 Å². The Balaban J connectivity index is 0.000000326. The molecule has 2 aromatic carbocycles. The zero-order chi connectivity index (χ0) is 36.1. The van der Waals surface area contributed by atoms with Gasteiger partial charge in [0.05, 0.1) is 19.1 Å². The number of phenols is 1. The van der Waals surface area contributed by atoms with E-state index in [1.165, 1.54) is 24.1 Å². The number of Topliss-reactive ketones (excluding diaryl/α,β-unsaturated/α-hetero) is 2. The van der Waals surface area contributed by atoms with Gasteiger partial charge in [-0.05, 0) is 73.6 Å². The molecule has 2 N–H and O–H groups in total. The lowest BCUT2D eigenvalue weighted by molar-refractivity contribution is -0.148. The predicted molar refractivity (Wildman–Crippen MR) is 189 cm³/mol. The van der Waals surface area contributed by atoms with Gasteiger partial charge >= 0.3 is 5.97 Å². The summed E-state index contributed by atoms with van der Waals surface area (Å²) in [5.74, 6) is 2.17. The summed E-state index contributed by atoms with van der Waals surface area (Å²) in [5.41, 5.74) is 2.06. The Labute approximate surface area is 288 Å². The van der Waals surface area contributed by atoms with Crippen LogP contribution >= 0.6 is 0 Å². The number of hydrogen-bond donors (Lipinski definition) is 2. The van der Waals surface area contributed by atoms with Gasteiger partial charge in [0.1, 0.15) is 42.7 Å². The van der Waals surface area contributed by atoms with Crippen molar-refractivity contribution >= 4 is 17.5 Å². The lowest BCUT2D eigenvalue weighted by atomic mass is 9.97. The van der Waals surface area contributed by atoms with Crippen LogP contribution in [0.1, 0.15) is 109 Å². The third kappa shape index (κ3) is 18.3. The highest BCUT2D eigenvalue weighted by atomic mass is 16.6. The Morgan fingerprint density at radius 2 is 1.27 bits per heavy atom. The number of carbonyl (C=O) groups is 3. The molecule has 2 aliphatic rings. The van der Waals surface area contributed by atoms with E-state index < -0.39 is 0 Å². The monoisotopic (exact) mass is 672 g/mol. The molecule has 0 aromatic heterocycles. The third-order valence-corrected chi connectivity index (χ3v) is 8.46. The van der Waals surface area contributed by atoms with Crippen molar-refractivity contribution < 1.29 is 43.5 Å². The van der Waals surface area contributed by atoms with Gasteiger partial charge in [-0.25, -0.2) is 0 Å². The lowest BCUT2D eigenvalue weighted by Gasteiger charge is -2.10. The van der Waals surface area contributed by atoms with Crippen LogP contribution in [0.3, 0.4) is 0 Å². The Morgan fingerprint density at radius 1 is 0.750 bits per heavy atom. The maximum atomic E-state index is 11.6. The number of rotatable bonds is 16. The largest absolute Gasteiger partial charge is 0.508 e. The molecule has 4 rings (SSSR count). The van der Waals surface area contributed by atoms with Crippen LogP contribution in [0.15, 0.2) is 48.5 Å². The van der Waals surface area contributed by atoms with Gasteiger partial charge < -0.3 is 29.2 Å². The second kappa shape index (κ2) is 24.0. The molecule has 9 nitrogen and oxygen atoms in total. The quantitative estimate of drug-likeness (QED) is 0.105. The van der Waals surface area contributed by atoms with Gasteiger partial charge in [-0.3, -0.25) is 14.4 Å². The minimum atomic E-state index is -0.108. The standard InChI is InChI=1S/C13H18O2.C11H14O2.C8H14O3.C7H14O2/c1-3-10(2)11-4-6-12(7-5-11)14-8-13-9-15-13;1-3-8(2)11(13)9-4-6-10(12)7-5-9;1-3-6(2)8(9)11-5-7-4-10-7;1-3-6(2)7(9)4-5-8/h4-7,10,13H,3,8-9H2,1-2H3;4-8,12H,3H2,1-2H3;6-7H,3-5H2,1-2H3;6,8H,3-5H2,1-2H3. The number of aromatic hydroxyl groups is 1. The molecule has 9 heteroatoms. The van der Waals surface area contributed by atoms with Crippen LogP contribution in [0, 0.1) is 17.8 Å². The molecule has 2 fully saturated rings. The highest BCUT2D eigenvalue weighted by Gasteiger charge is 2.25. The first-order valence-electron chi connectivity index (χ1n) is 17.5. The van der Waals surface area contributed by atoms with E-state index in [2.05, 4.69) is 26.0 Å². The summed E-state index contributed by atoms with van der Waals surface area (Å²) in [4.78, 5) is 33.4. The number of benzene rings is 2. The molecule has 2 saturated heterocycles. The number of aliphatic hydroxyl groups excluding tert-OH is 1. The molecule has 0 saturated carbocycles. The predicted octanol–water partition coefficient (Wildman–Crippen LogP) is 7.56. The summed E-state index contributed by atoms with van der Waals surface area (Å²) in [6.07, 6.45) is 4.57. The van der Waals surface area contributed by atoms with Crippen molar-refractivity contribution in [2.75, 3.05) is 33.0 Å². The summed E-state index contributed by atoms with van der Waals surface area (Å²) in [7, 11) is 0. The van der Waals surface area contributed by atoms with Crippen molar-refractivity contribution in [3.05, 3.63) is 59.7 Å². The van der Waals surface area contributed by atoms with E-state index in [1.54, 1.807) is 12.1 Å². The normalized spacial score (nSPS) is 18.0. The van der Waals surface area contributed by atoms with Crippen LogP contribution in [-0.2, 0) is 23.8 Å². The number of ketones is 2. The van der Waals surface area contributed by atoms with E-state index in [1.807, 2.05) is 53.7 Å². The fourth-order valence-corrected chi connectivity index (χ4v) is 3.81. The first kappa shape index (κ1) is 42.8. The Hall–Kier alpha value is -3.27. The molecule has 0 radical (unpaired) electrons. The summed E-state index contributed by atoms with van der Waals surface area (Å²) in [6, 6.07) is 14.8. The Morgan fingerprint density at radius 3 is 1.73 bits per heavy atom. The van der Waals surface area contributed by atoms with E-state index in [9.17, 15) is 14.4 Å². The van der Waals surface area contributed by atoms with Gasteiger partial charge in [0, 0.05) is 30.4 Å². The van der Waals surface area contributed by atoms with E-state index in [4.69, 9.17) is 29.2 Å². The van der Waals surface area contributed by atoms with Crippen molar-refractivity contribution in [1.29, 1.82) is 0 Å². The van der Waals surface area contributed by atoms with Crippen molar-refractivity contribution in [3.63, 3.8) is 0 Å². The van der Waals surface area contributed by atoms with Crippen molar-refractivity contribution in [1.82, 2.24) is 0 Å². The van der Waals surface area contributed by atoms with Crippen molar-refractivity contribution in [3.8, 4) is 11.5 Å². The minimum Gasteiger partial charge on any atom is -0.508 e. The summed E-state index contributed by atoms with van der Waals surface area (Å²) in [6.45, 7) is 18.8. The molecule has 2 aromatic rings. The molecule has 0 spiro atoms. The number of hydrogen-bond acceptors (Lipinski definition) is 9. The van der Waals surface area contributed by atoms with Gasteiger partial charge in [0.2, 0.25) is 0 Å². The fourth-order valence-electron chi connectivity index (χ4n) is 3.81.